The molecule has 6 aliphatic carbocycles. The van der Waals surface area contributed by atoms with Gasteiger partial charge in [-0.2, -0.15) is 0 Å². The van der Waals surface area contributed by atoms with Crippen LogP contribution in [0.3, 0.4) is 0 Å². The molecule has 1 aromatic heterocycles. The highest BCUT2D eigenvalue weighted by atomic mass is 16.5. The van der Waals surface area contributed by atoms with Crippen LogP contribution in [0.4, 0.5) is 0 Å². The van der Waals surface area contributed by atoms with Crippen molar-refractivity contribution in [1.82, 2.24) is 9.97 Å². The molecular formula is C58H46N2O. The Balaban J connectivity index is 0.964. The van der Waals surface area contributed by atoms with Crippen LogP contribution in [0.25, 0.3) is 56.2 Å². The first-order valence-corrected chi connectivity index (χ1v) is 22.3. The molecule has 7 aromatic carbocycles. The minimum atomic E-state index is -0.552. The van der Waals surface area contributed by atoms with Gasteiger partial charge in [-0.3, -0.25) is 0 Å². The van der Waals surface area contributed by atoms with Gasteiger partial charge in [0.25, 0.3) is 0 Å². The van der Waals surface area contributed by atoms with Crippen molar-refractivity contribution in [3.05, 3.63) is 204 Å². The van der Waals surface area contributed by atoms with Gasteiger partial charge in [0.15, 0.2) is 5.82 Å². The van der Waals surface area contributed by atoms with Crippen LogP contribution in [0, 0.1) is 23.7 Å². The summed E-state index contributed by atoms with van der Waals surface area (Å²) in [6.45, 7) is 2.55. The molecule has 15 rings (SSSR count). The topological polar surface area (TPSA) is 35.0 Å². The largest absolute Gasteiger partial charge is 0.457 e. The summed E-state index contributed by atoms with van der Waals surface area (Å²) in [6.07, 6.45) is 7.05. The fraction of sp³-hybridized carbons (Fsp3) is 0.207. The SMILES string of the molecule is CC1(c2ccc(-c3cc(-c4ccc5c(c4)C4(c6ccccc6Oc6ccccc64)c4ccccc4-5)nc(-c4ccc(-c5ccccc5)cc4)n3)cc2)CC2CC3CC(C2)C3C1. The molecule has 2 heterocycles. The maximum absolute atomic E-state index is 6.63. The van der Waals surface area contributed by atoms with E-state index in [1.165, 1.54) is 71.0 Å². The predicted octanol–water partition coefficient (Wildman–Crippen LogP) is 14.3. The Hall–Kier alpha value is -6.58. The number of ether oxygens (including phenoxy) is 1. The van der Waals surface area contributed by atoms with Gasteiger partial charge in [-0.15, -0.1) is 0 Å². The van der Waals surface area contributed by atoms with E-state index in [-0.39, 0.29) is 5.41 Å². The molecular weight excluding hydrogens is 741 g/mol. The molecule has 0 radical (unpaired) electrons. The molecule has 0 saturated heterocycles. The van der Waals surface area contributed by atoms with E-state index in [0.717, 1.165) is 80.2 Å². The summed E-state index contributed by atoms with van der Waals surface area (Å²) in [7, 11) is 0. The molecule has 1 spiro atoms. The van der Waals surface area contributed by atoms with Crippen LogP contribution in [-0.2, 0) is 10.8 Å². The monoisotopic (exact) mass is 786 g/mol. The predicted molar refractivity (Wildman–Crippen MR) is 246 cm³/mol. The van der Waals surface area contributed by atoms with Crippen LogP contribution in [0.1, 0.15) is 66.8 Å². The van der Waals surface area contributed by atoms with Crippen LogP contribution >= 0.6 is 0 Å². The lowest BCUT2D eigenvalue weighted by atomic mass is 9.55. The highest BCUT2D eigenvalue weighted by molar-refractivity contribution is 5.90. The second kappa shape index (κ2) is 13.2. The summed E-state index contributed by atoms with van der Waals surface area (Å²) in [5.74, 6) is 6.27. The van der Waals surface area contributed by atoms with E-state index >= 15 is 0 Å². The number of aromatic nitrogens is 2. The van der Waals surface area contributed by atoms with Crippen molar-refractivity contribution >= 4 is 0 Å². The Morgan fingerprint density at radius 1 is 0.459 bits per heavy atom. The van der Waals surface area contributed by atoms with Gasteiger partial charge in [-0.25, -0.2) is 9.97 Å². The highest BCUT2D eigenvalue weighted by Gasteiger charge is 2.54. The zero-order valence-electron chi connectivity index (χ0n) is 34.4. The first-order valence-electron chi connectivity index (χ1n) is 22.3. The molecule has 0 amide bonds. The van der Waals surface area contributed by atoms with E-state index in [9.17, 15) is 0 Å². The van der Waals surface area contributed by atoms with Gasteiger partial charge in [0, 0.05) is 27.8 Å². The van der Waals surface area contributed by atoms with Gasteiger partial charge in [-0.1, -0.05) is 159 Å². The molecule has 7 aliphatic rings. The zero-order valence-corrected chi connectivity index (χ0v) is 34.4. The van der Waals surface area contributed by atoms with E-state index in [2.05, 4.69) is 183 Å². The van der Waals surface area contributed by atoms with Crippen LogP contribution in [0.15, 0.2) is 176 Å². The number of rotatable bonds is 5. The molecule has 0 N–H and O–H groups in total. The Kier molecular flexibility index (Phi) is 7.62. The van der Waals surface area contributed by atoms with Crippen molar-refractivity contribution in [3.8, 4) is 67.7 Å². The fourth-order valence-corrected chi connectivity index (χ4v) is 12.8. The number of hydrogen-bond acceptors (Lipinski definition) is 3. The molecule has 1 aliphatic heterocycles. The Morgan fingerprint density at radius 2 is 1.02 bits per heavy atom. The van der Waals surface area contributed by atoms with E-state index in [1.54, 1.807) is 0 Å². The second-order valence-electron chi connectivity index (χ2n) is 18.9. The van der Waals surface area contributed by atoms with Gasteiger partial charge < -0.3 is 4.74 Å². The third kappa shape index (κ3) is 5.29. The molecule has 3 atom stereocenters. The smallest absolute Gasteiger partial charge is 0.160 e. The van der Waals surface area contributed by atoms with Crippen LogP contribution in [0.5, 0.6) is 11.5 Å². The number of fused-ring (bicyclic) bond motifs is 11. The Bertz CT molecular complexity index is 2970. The molecule has 294 valence electrons. The molecule has 61 heavy (non-hydrogen) atoms. The van der Waals surface area contributed by atoms with Crippen molar-refractivity contribution in [2.24, 2.45) is 23.7 Å². The van der Waals surface area contributed by atoms with Gasteiger partial charge in [-0.05, 0) is 124 Å². The lowest BCUT2D eigenvalue weighted by molar-refractivity contribution is -0.00573. The molecule has 8 aromatic rings. The first kappa shape index (κ1) is 35.2. The number of hydrogen-bond donors (Lipinski definition) is 0. The lowest BCUT2D eigenvalue weighted by Gasteiger charge is -2.50. The average molecular weight is 787 g/mol. The Labute approximate surface area is 358 Å². The van der Waals surface area contributed by atoms with E-state index in [4.69, 9.17) is 14.7 Å². The van der Waals surface area contributed by atoms with Gasteiger partial charge in [0.2, 0.25) is 0 Å². The summed E-state index contributed by atoms with van der Waals surface area (Å²) >= 11 is 0. The second-order valence-corrected chi connectivity index (χ2v) is 18.9. The van der Waals surface area contributed by atoms with Crippen molar-refractivity contribution in [2.45, 2.75) is 49.9 Å². The minimum Gasteiger partial charge on any atom is -0.457 e. The third-order valence-electron chi connectivity index (χ3n) is 15.5. The van der Waals surface area contributed by atoms with Crippen molar-refractivity contribution in [1.29, 1.82) is 0 Å². The van der Waals surface area contributed by atoms with Crippen LogP contribution in [-0.4, -0.2) is 9.97 Å². The van der Waals surface area contributed by atoms with Gasteiger partial charge in [0.1, 0.15) is 11.5 Å². The van der Waals surface area contributed by atoms with Gasteiger partial charge >= 0.3 is 0 Å². The van der Waals surface area contributed by atoms with E-state index in [1.807, 2.05) is 0 Å². The van der Waals surface area contributed by atoms with Crippen molar-refractivity contribution in [2.75, 3.05) is 0 Å². The lowest BCUT2D eigenvalue weighted by Crippen LogP contribution is -2.42. The summed E-state index contributed by atoms with van der Waals surface area (Å²) < 4.78 is 6.63. The quantitative estimate of drug-likeness (QED) is 0.174. The van der Waals surface area contributed by atoms with Crippen LogP contribution in [0.2, 0.25) is 0 Å². The zero-order chi connectivity index (χ0) is 40.3. The maximum Gasteiger partial charge on any atom is 0.160 e. The average Bonchev–Trinajstić information content (AvgIpc) is 3.48. The summed E-state index contributed by atoms with van der Waals surface area (Å²) in [5.41, 5.74) is 15.9. The Morgan fingerprint density at radius 3 is 1.74 bits per heavy atom. The molecule has 5 saturated carbocycles. The number of nitrogens with zero attached hydrogens (tertiary/aromatic N) is 2. The van der Waals surface area contributed by atoms with Gasteiger partial charge in [0.05, 0.1) is 16.8 Å². The van der Waals surface area contributed by atoms with E-state index < -0.39 is 5.41 Å². The molecule has 3 unspecified atom stereocenters. The molecule has 4 bridgehead atoms. The number of para-hydroxylation sites is 2. The van der Waals surface area contributed by atoms with Crippen molar-refractivity contribution < 1.29 is 4.74 Å². The molecule has 3 nitrogen and oxygen atoms in total. The first-order chi connectivity index (χ1) is 30.0. The molecule has 5 fully saturated rings. The summed E-state index contributed by atoms with van der Waals surface area (Å²) in [4.78, 5) is 10.8. The maximum atomic E-state index is 6.63. The third-order valence-corrected chi connectivity index (χ3v) is 15.5. The highest BCUT2D eigenvalue weighted by Crippen LogP contribution is 2.64. The fourth-order valence-electron chi connectivity index (χ4n) is 12.8. The number of benzene rings is 7. The minimum absolute atomic E-state index is 0.236. The normalized spacial score (nSPS) is 23.2. The van der Waals surface area contributed by atoms with Crippen molar-refractivity contribution in [3.63, 3.8) is 0 Å². The van der Waals surface area contributed by atoms with E-state index in [0.29, 0.717) is 0 Å². The standard InChI is InChI=1S/C58H46N2O/c1-57(34-36-29-42-31-43(30-36)47(42)35-57)44-26-23-39(24-27-44)52-33-53(60-56(59-52)40-21-19-38(20-22-40)37-11-3-2-4-12-37)41-25-28-46-45-13-5-6-14-48(45)58(51(46)32-41)49-15-7-9-17-54(49)61-55-18-10-8-16-50(55)58/h2-28,32-33,36,42-43,47H,29-31,34-35H2,1H3. The summed E-state index contributed by atoms with van der Waals surface area (Å²) in [5, 5.41) is 0. The van der Waals surface area contributed by atoms with Crippen LogP contribution < -0.4 is 4.74 Å². The molecule has 3 heteroatoms. The summed E-state index contributed by atoms with van der Waals surface area (Å²) in [6, 6.07) is 64.0.